The van der Waals surface area contributed by atoms with Gasteiger partial charge >= 0.3 is 0 Å². The van der Waals surface area contributed by atoms with Crippen molar-refractivity contribution in [3.8, 4) is 0 Å². The van der Waals surface area contributed by atoms with Crippen molar-refractivity contribution in [2.75, 3.05) is 6.61 Å². The summed E-state index contributed by atoms with van der Waals surface area (Å²) in [6.07, 6.45) is 8.93. The molecule has 0 saturated heterocycles. The van der Waals surface area contributed by atoms with Crippen molar-refractivity contribution in [1.82, 2.24) is 20.3 Å². The van der Waals surface area contributed by atoms with E-state index in [1.54, 1.807) is 6.20 Å². The fourth-order valence-corrected chi connectivity index (χ4v) is 4.60. The zero-order valence-corrected chi connectivity index (χ0v) is 14.8. The van der Waals surface area contributed by atoms with E-state index in [1.165, 1.54) is 25.7 Å². The predicted octanol–water partition coefficient (Wildman–Crippen LogP) is 2.74. The van der Waals surface area contributed by atoms with Crippen molar-refractivity contribution < 1.29 is 9.53 Å². The number of nitrogens with one attached hydrogen (secondary N) is 2. The topological polar surface area (TPSA) is 79.9 Å². The lowest BCUT2D eigenvalue weighted by Crippen LogP contribution is -2.63. The number of aromatic nitrogens is 3. The molecule has 0 radical (unpaired) electrons. The van der Waals surface area contributed by atoms with Gasteiger partial charge in [0.05, 0.1) is 11.6 Å². The summed E-state index contributed by atoms with van der Waals surface area (Å²) in [5, 5.41) is 3.27. The minimum atomic E-state index is 0.111. The number of ether oxygens (including phenoxy) is 1. The fraction of sp³-hybridized carbons (Fsp3) is 0.632. The lowest BCUT2D eigenvalue weighted by molar-refractivity contribution is -0.144. The summed E-state index contributed by atoms with van der Waals surface area (Å²) in [7, 11) is 0. The Kier molecular flexibility index (Phi) is 4.46. The molecule has 1 spiro atoms. The Morgan fingerprint density at radius 1 is 1.44 bits per heavy atom. The number of H-pyrrole nitrogens is 1. The average Bonchev–Trinajstić information content (AvgIpc) is 3.27. The Hall–Kier alpha value is -1.95. The maximum Gasteiger partial charge on any atom is 0.220 e. The highest BCUT2D eigenvalue weighted by atomic mass is 16.5. The van der Waals surface area contributed by atoms with Gasteiger partial charge in [0.15, 0.2) is 5.65 Å². The Morgan fingerprint density at radius 3 is 3.04 bits per heavy atom. The van der Waals surface area contributed by atoms with E-state index in [2.05, 4.69) is 27.2 Å². The van der Waals surface area contributed by atoms with E-state index in [0.717, 1.165) is 24.4 Å². The third-order valence-corrected chi connectivity index (χ3v) is 5.92. The third kappa shape index (κ3) is 3.03. The molecule has 1 amide bonds. The number of amides is 1. The molecule has 2 N–H and O–H groups in total. The highest BCUT2D eigenvalue weighted by molar-refractivity contribution is 5.77. The van der Waals surface area contributed by atoms with Gasteiger partial charge in [-0.05, 0) is 38.3 Å². The standard InChI is InChI=1S/C19H26N4O2/c1-2-25-15-12-14(19(15)9-3-4-10-19)22-17(24)8-7-16-21-13-6-5-11-20-18(13)23-16/h5-6,11,14-15H,2-4,7-10,12H2,1H3,(H,22,24)(H,20,21,23)/t14-,15-/m1/s1. The zero-order valence-electron chi connectivity index (χ0n) is 14.8. The quantitative estimate of drug-likeness (QED) is 0.846. The molecule has 2 saturated carbocycles. The Balaban J connectivity index is 1.33. The minimum absolute atomic E-state index is 0.111. The van der Waals surface area contributed by atoms with Crippen molar-refractivity contribution in [3.05, 3.63) is 24.2 Å². The first kappa shape index (κ1) is 16.5. The van der Waals surface area contributed by atoms with E-state index in [0.29, 0.717) is 24.6 Å². The van der Waals surface area contributed by atoms with Crippen LogP contribution in [0.5, 0.6) is 0 Å². The third-order valence-electron chi connectivity index (χ3n) is 5.92. The SMILES string of the molecule is CCO[C@@H]1C[C@@H](NC(=O)CCc2nc3ncccc3[nH]2)C12CCCC2. The smallest absolute Gasteiger partial charge is 0.220 e. The highest BCUT2D eigenvalue weighted by Gasteiger charge is 2.57. The number of rotatable bonds is 6. The van der Waals surface area contributed by atoms with Crippen molar-refractivity contribution in [1.29, 1.82) is 0 Å². The number of imidazole rings is 1. The highest BCUT2D eigenvalue weighted by Crippen LogP contribution is 2.54. The van der Waals surface area contributed by atoms with E-state index < -0.39 is 0 Å². The van der Waals surface area contributed by atoms with Crippen LogP contribution in [-0.2, 0) is 16.0 Å². The van der Waals surface area contributed by atoms with Gasteiger partial charge in [0.2, 0.25) is 5.91 Å². The van der Waals surface area contributed by atoms with Crippen molar-refractivity contribution in [2.45, 2.75) is 64.0 Å². The molecule has 0 bridgehead atoms. The minimum Gasteiger partial charge on any atom is -0.378 e. The summed E-state index contributed by atoms with van der Waals surface area (Å²) in [5.74, 6) is 0.930. The number of aryl methyl sites for hydroxylation is 1. The maximum atomic E-state index is 12.4. The molecular weight excluding hydrogens is 316 g/mol. The first-order chi connectivity index (χ1) is 12.2. The number of pyridine rings is 1. The van der Waals surface area contributed by atoms with Crippen LogP contribution in [0.3, 0.4) is 0 Å². The van der Waals surface area contributed by atoms with E-state index in [-0.39, 0.29) is 17.4 Å². The molecule has 2 aliphatic carbocycles. The van der Waals surface area contributed by atoms with Crippen LogP contribution >= 0.6 is 0 Å². The van der Waals surface area contributed by atoms with Crippen LogP contribution in [0, 0.1) is 5.41 Å². The molecule has 25 heavy (non-hydrogen) atoms. The van der Waals surface area contributed by atoms with Crippen LogP contribution in [-0.4, -0.2) is 39.6 Å². The summed E-state index contributed by atoms with van der Waals surface area (Å²) in [6.45, 7) is 2.81. The lowest BCUT2D eigenvalue weighted by Gasteiger charge is -2.54. The number of aromatic amines is 1. The van der Waals surface area contributed by atoms with Crippen LogP contribution in [0.1, 0.15) is 51.3 Å². The fourth-order valence-electron chi connectivity index (χ4n) is 4.60. The van der Waals surface area contributed by atoms with E-state index in [1.807, 2.05) is 12.1 Å². The Morgan fingerprint density at radius 2 is 2.28 bits per heavy atom. The molecule has 2 aromatic heterocycles. The summed E-state index contributed by atoms with van der Waals surface area (Å²) in [5.41, 5.74) is 1.82. The van der Waals surface area contributed by atoms with Crippen molar-refractivity contribution in [3.63, 3.8) is 0 Å². The van der Waals surface area contributed by atoms with Crippen LogP contribution in [0.2, 0.25) is 0 Å². The molecule has 6 nitrogen and oxygen atoms in total. The van der Waals surface area contributed by atoms with Crippen LogP contribution in [0.4, 0.5) is 0 Å². The number of fused-ring (bicyclic) bond motifs is 1. The second-order valence-corrected chi connectivity index (χ2v) is 7.30. The van der Waals surface area contributed by atoms with E-state index >= 15 is 0 Å². The van der Waals surface area contributed by atoms with E-state index in [4.69, 9.17) is 4.74 Å². The Labute approximate surface area is 147 Å². The molecule has 134 valence electrons. The van der Waals surface area contributed by atoms with E-state index in [9.17, 15) is 4.79 Å². The maximum absolute atomic E-state index is 12.4. The summed E-state index contributed by atoms with van der Waals surface area (Å²) < 4.78 is 5.92. The molecule has 0 aromatic carbocycles. The number of hydrogen-bond acceptors (Lipinski definition) is 4. The normalized spacial score (nSPS) is 24.5. The van der Waals surface area contributed by atoms with Crippen LogP contribution in [0.25, 0.3) is 11.2 Å². The van der Waals surface area contributed by atoms with Gasteiger partial charge in [0.25, 0.3) is 0 Å². The monoisotopic (exact) mass is 342 g/mol. The second kappa shape index (κ2) is 6.75. The van der Waals surface area contributed by atoms with Gasteiger partial charge in [-0.2, -0.15) is 0 Å². The van der Waals surface area contributed by atoms with Gasteiger partial charge in [-0.3, -0.25) is 4.79 Å². The largest absolute Gasteiger partial charge is 0.378 e. The summed E-state index contributed by atoms with van der Waals surface area (Å²) in [4.78, 5) is 24.3. The molecule has 6 heteroatoms. The average molecular weight is 342 g/mol. The predicted molar refractivity (Wildman–Crippen MR) is 95.1 cm³/mol. The molecule has 2 heterocycles. The lowest BCUT2D eigenvalue weighted by atomic mass is 9.60. The van der Waals surface area contributed by atoms with Gasteiger partial charge in [0, 0.05) is 37.1 Å². The first-order valence-corrected chi connectivity index (χ1v) is 9.42. The molecular formula is C19H26N4O2. The van der Waals surface area contributed by atoms with Crippen molar-refractivity contribution >= 4 is 17.1 Å². The molecule has 0 aliphatic heterocycles. The molecule has 2 atom stereocenters. The van der Waals surface area contributed by atoms with Gasteiger partial charge in [-0.1, -0.05) is 12.8 Å². The summed E-state index contributed by atoms with van der Waals surface area (Å²) in [6, 6.07) is 4.10. The van der Waals surface area contributed by atoms with Crippen molar-refractivity contribution in [2.24, 2.45) is 5.41 Å². The molecule has 2 aromatic rings. The van der Waals surface area contributed by atoms with Crippen LogP contribution < -0.4 is 5.32 Å². The molecule has 0 unspecified atom stereocenters. The summed E-state index contributed by atoms with van der Waals surface area (Å²) >= 11 is 0. The second-order valence-electron chi connectivity index (χ2n) is 7.30. The number of carbonyl (C=O) groups excluding carboxylic acids is 1. The molecule has 4 rings (SSSR count). The molecule has 2 fully saturated rings. The zero-order chi connectivity index (χ0) is 17.3. The number of carbonyl (C=O) groups is 1. The Bertz CT molecular complexity index is 718. The number of nitrogens with zero attached hydrogens (tertiary/aromatic N) is 2. The number of hydrogen-bond donors (Lipinski definition) is 2. The van der Waals surface area contributed by atoms with Crippen LogP contribution in [0.15, 0.2) is 18.3 Å². The first-order valence-electron chi connectivity index (χ1n) is 9.42. The van der Waals surface area contributed by atoms with Gasteiger partial charge < -0.3 is 15.0 Å². The molecule has 2 aliphatic rings. The van der Waals surface area contributed by atoms with Gasteiger partial charge in [-0.15, -0.1) is 0 Å². The van der Waals surface area contributed by atoms with Gasteiger partial charge in [-0.25, -0.2) is 9.97 Å². The van der Waals surface area contributed by atoms with Gasteiger partial charge in [0.1, 0.15) is 5.82 Å².